The largest absolute Gasteiger partial charge is 0.492 e. The molecular formula is C13H19N3OS. The fourth-order valence-corrected chi connectivity index (χ4v) is 3.51. The zero-order chi connectivity index (χ0) is 13.1. The van der Waals surface area contributed by atoms with E-state index < -0.39 is 0 Å². The lowest BCUT2D eigenvalue weighted by Crippen LogP contribution is -2.34. The van der Waals surface area contributed by atoms with Crippen LogP contribution in [0.25, 0.3) is 0 Å². The van der Waals surface area contributed by atoms with Gasteiger partial charge in [0.1, 0.15) is 21.6 Å². The van der Waals surface area contributed by atoms with E-state index in [4.69, 9.17) is 15.7 Å². The molecule has 1 unspecified atom stereocenters. The van der Waals surface area contributed by atoms with Crippen LogP contribution < -0.4 is 15.4 Å². The third-order valence-electron chi connectivity index (χ3n) is 3.57. The molecule has 0 bridgehead atoms. The van der Waals surface area contributed by atoms with Gasteiger partial charge < -0.3 is 15.4 Å². The van der Waals surface area contributed by atoms with E-state index in [0.717, 1.165) is 24.0 Å². The summed E-state index contributed by atoms with van der Waals surface area (Å²) in [5.74, 6) is 1.41. The summed E-state index contributed by atoms with van der Waals surface area (Å²) in [5, 5.41) is 10.1. The number of thiophene rings is 1. The predicted octanol–water partition coefficient (Wildman–Crippen LogP) is 2.84. The molecule has 0 saturated carbocycles. The number of rotatable bonds is 3. The van der Waals surface area contributed by atoms with Crippen LogP contribution >= 0.6 is 11.3 Å². The van der Waals surface area contributed by atoms with Crippen molar-refractivity contribution in [3.63, 3.8) is 0 Å². The molecule has 0 radical (unpaired) electrons. The number of anilines is 2. The summed E-state index contributed by atoms with van der Waals surface area (Å²) in [6, 6.07) is 2.14. The summed E-state index contributed by atoms with van der Waals surface area (Å²) in [5.41, 5.74) is 6.42. The highest BCUT2D eigenvalue weighted by Gasteiger charge is 2.25. The van der Waals surface area contributed by atoms with Crippen LogP contribution in [0.3, 0.4) is 0 Å². The highest BCUT2D eigenvalue weighted by molar-refractivity contribution is 7.17. The molecule has 18 heavy (non-hydrogen) atoms. The Kier molecular flexibility index (Phi) is 3.97. The number of nitrogen functional groups attached to an aromatic ring is 1. The third-order valence-corrected chi connectivity index (χ3v) is 4.72. The monoisotopic (exact) mass is 265 g/mol. The van der Waals surface area contributed by atoms with Crippen molar-refractivity contribution in [2.24, 2.45) is 5.92 Å². The van der Waals surface area contributed by atoms with Gasteiger partial charge in [-0.15, -0.1) is 11.3 Å². The first-order chi connectivity index (χ1) is 8.71. The van der Waals surface area contributed by atoms with Gasteiger partial charge in [-0.05, 0) is 18.8 Å². The quantitative estimate of drug-likeness (QED) is 0.912. The summed E-state index contributed by atoms with van der Waals surface area (Å²) in [6.45, 7) is 4.30. The minimum atomic E-state index is 0.485. The molecule has 1 atom stereocenters. The Morgan fingerprint density at radius 1 is 1.61 bits per heavy atom. The maximum absolute atomic E-state index is 9.05. The van der Waals surface area contributed by atoms with Crippen molar-refractivity contribution in [2.45, 2.75) is 26.2 Å². The second-order valence-corrected chi connectivity index (χ2v) is 5.66. The van der Waals surface area contributed by atoms with Gasteiger partial charge in [0.15, 0.2) is 5.75 Å². The smallest absolute Gasteiger partial charge is 0.177 e. The molecule has 0 aromatic carbocycles. The van der Waals surface area contributed by atoms with Crippen LogP contribution in [0.15, 0.2) is 0 Å². The molecule has 1 fully saturated rings. The van der Waals surface area contributed by atoms with Crippen LogP contribution in [0.2, 0.25) is 0 Å². The second kappa shape index (κ2) is 5.49. The number of methoxy groups -OCH3 is 1. The SMILES string of the molecule is CCC1CCCN(c2sc(C#N)c(N)c2OC)C1. The van der Waals surface area contributed by atoms with E-state index in [9.17, 15) is 0 Å². The Labute approximate surface area is 112 Å². The second-order valence-electron chi connectivity index (χ2n) is 4.66. The summed E-state index contributed by atoms with van der Waals surface area (Å²) in [4.78, 5) is 2.87. The first-order valence-corrected chi connectivity index (χ1v) is 7.14. The maximum atomic E-state index is 9.05. The van der Waals surface area contributed by atoms with Gasteiger partial charge in [0.2, 0.25) is 0 Å². The molecule has 5 heteroatoms. The molecule has 1 saturated heterocycles. The zero-order valence-corrected chi connectivity index (χ0v) is 11.7. The number of nitrogens with two attached hydrogens (primary N) is 1. The van der Waals surface area contributed by atoms with Crippen molar-refractivity contribution in [2.75, 3.05) is 30.8 Å². The Bertz CT molecular complexity index is 464. The molecule has 4 nitrogen and oxygen atoms in total. The standard InChI is InChI=1S/C13H19N3OS/c1-3-9-5-4-6-16(8-9)13-12(17-2)11(15)10(7-14)18-13/h9H,3-6,8,15H2,1-2H3. The maximum Gasteiger partial charge on any atom is 0.177 e. The van der Waals surface area contributed by atoms with E-state index in [-0.39, 0.29) is 0 Å². The molecule has 2 heterocycles. The summed E-state index contributed by atoms with van der Waals surface area (Å²) in [7, 11) is 1.62. The van der Waals surface area contributed by atoms with Crippen LogP contribution in [-0.2, 0) is 0 Å². The number of hydrogen-bond acceptors (Lipinski definition) is 5. The Morgan fingerprint density at radius 2 is 2.39 bits per heavy atom. The lowest BCUT2D eigenvalue weighted by molar-refractivity contribution is 0.393. The van der Waals surface area contributed by atoms with Gasteiger partial charge in [0.25, 0.3) is 0 Å². The summed E-state index contributed by atoms with van der Waals surface area (Å²) >= 11 is 1.44. The van der Waals surface area contributed by atoms with Crippen LogP contribution in [0.4, 0.5) is 10.7 Å². The minimum Gasteiger partial charge on any atom is -0.492 e. The molecular weight excluding hydrogens is 246 g/mol. The van der Waals surface area contributed by atoms with E-state index in [1.807, 2.05) is 0 Å². The topological polar surface area (TPSA) is 62.3 Å². The van der Waals surface area contributed by atoms with Crippen molar-refractivity contribution in [3.05, 3.63) is 4.88 Å². The van der Waals surface area contributed by atoms with E-state index >= 15 is 0 Å². The number of nitriles is 1. The average Bonchev–Trinajstić information content (AvgIpc) is 2.75. The van der Waals surface area contributed by atoms with Crippen molar-refractivity contribution >= 4 is 22.0 Å². The van der Waals surface area contributed by atoms with Crippen molar-refractivity contribution in [1.82, 2.24) is 0 Å². The van der Waals surface area contributed by atoms with E-state index in [0.29, 0.717) is 16.3 Å². The first kappa shape index (κ1) is 13.0. The van der Waals surface area contributed by atoms with Gasteiger partial charge in [-0.2, -0.15) is 5.26 Å². The van der Waals surface area contributed by atoms with Gasteiger partial charge in [-0.1, -0.05) is 13.3 Å². The Hall–Kier alpha value is -1.41. The number of ether oxygens (including phenoxy) is 1. The van der Waals surface area contributed by atoms with Crippen LogP contribution in [0.5, 0.6) is 5.75 Å². The Morgan fingerprint density at radius 3 is 3.00 bits per heavy atom. The molecule has 0 amide bonds. The van der Waals surface area contributed by atoms with Crippen molar-refractivity contribution in [1.29, 1.82) is 5.26 Å². The third kappa shape index (κ3) is 2.25. The van der Waals surface area contributed by atoms with E-state index in [1.165, 1.54) is 30.6 Å². The predicted molar refractivity (Wildman–Crippen MR) is 75.2 cm³/mol. The molecule has 98 valence electrons. The van der Waals surface area contributed by atoms with Gasteiger partial charge in [0.05, 0.1) is 7.11 Å². The van der Waals surface area contributed by atoms with Crippen molar-refractivity contribution in [3.8, 4) is 11.8 Å². The molecule has 1 aromatic heterocycles. The summed E-state index contributed by atoms with van der Waals surface area (Å²) < 4.78 is 5.37. The van der Waals surface area contributed by atoms with Crippen LogP contribution in [0.1, 0.15) is 31.1 Å². The highest BCUT2D eigenvalue weighted by atomic mass is 32.1. The van der Waals surface area contributed by atoms with Gasteiger partial charge in [-0.3, -0.25) is 0 Å². The Balaban J connectivity index is 2.30. The molecule has 1 aliphatic heterocycles. The zero-order valence-electron chi connectivity index (χ0n) is 10.9. The molecule has 2 N–H and O–H groups in total. The molecule has 0 aliphatic carbocycles. The fraction of sp³-hybridized carbons (Fsp3) is 0.615. The average molecular weight is 265 g/mol. The number of piperidine rings is 1. The number of hydrogen-bond donors (Lipinski definition) is 1. The number of nitrogens with zero attached hydrogens (tertiary/aromatic N) is 2. The molecule has 1 aromatic rings. The normalized spacial score (nSPS) is 19.6. The molecule has 2 rings (SSSR count). The van der Waals surface area contributed by atoms with E-state index in [1.54, 1.807) is 7.11 Å². The lowest BCUT2D eigenvalue weighted by atomic mass is 9.96. The van der Waals surface area contributed by atoms with Gasteiger partial charge in [0, 0.05) is 13.1 Å². The van der Waals surface area contributed by atoms with Crippen LogP contribution in [-0.4, -0.2) is 20.2 Å². The minimum absolute atomic E-state index is 0.485. The van der Waals surface area contributed by atoms with Crippen LogP contribution in [0, 0.1) is 17.2 Å². The summed E-state index contributed by atoms with van der Waals surface area (Å²) in [6.07, 6.45) is 3.69. The molecule has 0 spiro atoms. The fourth-order valence-electron chi connectivity index (χ4n) is 2.49. The highest BCUT2D eigenvalue weighted by Crippen LogP contribution is 2.45. The first-order valence-electron chi connectivity index (χ1n) is 6.32. The lowest BCUT2D eigenvalue weighted by Gasteiger charge is -2.33. The van der Waals surface area contributed by atoms with Gasteiger partial charge in [-0.25, -0.2) is 0 Å². The van der Waals surface area contributed by atoms with Gasteiger partial charge >= 0.3 is 0 Å². The van der Waals surface area contributed by atoms with E-state index in [2.05, 4.69) is 17.9 Å². The van der Waals surface area contributed by atoms with Crippen molar-refractivity contribution < 1.29 is 4.74 Å². The molecule has 1 aliphatic rings.